The Morgan fingerprint density at radius 2 is 1.95 bits per heavy atom. The van der Waals surface area contributed by atoms with Gasteiger partial charge in [-0.2, -0.15) is 18.3 Å². The van der Waals surface area contributed by atoms with Crippen molar-refractivity contribution >= 4 is 34.6 Å². The lowest BCUT2D eigenvalue weighted by Crippen LogP contribution is -2.33. The van der Waals surface area contributed by atoms with Crippen molar-refractivity contribution in [2.24, 2.45) is 0 Å². The molecule has 0 amide bonds. The zero-order chi connectivity index (χ0) is 27.9. The Balaban J connectivity index is 1.60. The Hall–Kier alpha value is -4.52. The SMILES string of the molecule is Cc1c(Cl)cc(C(C)Nc2ncnc3c2ncn3OC(=O)C(F)(F)F)c(-c2cccc(F)c2)c1-c1cn[nH]c1. The molecule has 200 valence electrons. The molecule has 3 aromatic heterocycles. The molecular weight excluding hydrogens is 542 g/mol. The van der Waals surface area contributed by atoms with Crippen LogP contribution in [0.4, 0.5) is 23.4 Å². The zero-order valence-electron chi connectivity index (χ0n) is 20.2. The predicted octanol–water partition coefficient (Wildman–Crippen LogP) is 5.67. The molecular formula is C25H18ClF4N7O2. The lowest BCUT2D eigenvalue weighted by atomic mass is 9.86. The van der Waals surface area contributed by atoms with E-state index in [0.29, 0.717) is 26.4 Å². The highest BCUT2D eigenvalue weighted by atomic mass is 35.5. The van der Waals surface area contributed by atoms with E-state index in [-0.39, 0.29) is 17.0 Å². The van der Waals surface area contributed by atoms with E-state index in [0.717, 1.165) is 29.3 Å². The lowest BCUT2D eigenvalue weighted by molar-refractivity contribution is -0.199. The quantitative estimate of drug-likeness (QED) is 0.258. The van der Waals surface area contributed by atoms with Crippen LogP contribution in [-0.4, -0.2) is 42.0 Å². The van der Waals surface area contributed by atoms with Crippen LogP contribution in [0.1, 0.15) is 24.1 Å². The van der Waals surface area contributed by atoms with Crippen LogP contribution >= 0.6 is 11.6 Å². The van der Waals surface area contributed by atoms with Crippen LogP contribution in [0.2, 0.25) is 5.02 Å². The van der Waals surface area contributed by atoms with Crippen LogP contribution in [0.3, 0.4) is 0 Å². The van der Waals surface area contributed by atoms with Gasteiger partial charge in [0.15, 0.2) is 11.3 Å². The normalized spacial score (nSPS) is 12.5. The summed E-state index contributed by atoms with van der Waals surface area (Å²) in [6.07, 6.45) is 0.0997. The summed E-state index contributed by atoms with van der Waals surface area (Å²) in [5.74, 6) is -2.70. The standard InChI is InChI=1S/C25H18ClF4N7O2/c1-12-18(26)7-17(20(14-4-3-5-16(27)6-14)19(12)15-8-34-35-9-15)13(2)36-22-21-23(32-10-31-22)37(11-33-21)39-24(38)25(28,29)30/h3-11,13H,1-2H3,(H,34,35)(H,31,32,36). The van der Waals surface area contributed by atoms with Gasteiger partial charge in [-0.05, 0) is 59.9 Å². The summed E-state index contributed by atoms with van der Waals surface area (Å²) < 4.78 is 52.9. The Kier molecular flexibility index (Phi) is 6.68. The maximum absolute atomic E-state index is 14.3. The van der Waals surface area contributed by atoms with Crippen molar-refractivity contribution in [1.82, 2.24) is 29.9 Å². The second-order valence-electron chi connectivity index (χ2n) is 8.53. The summed E-state index contributed by atoms with van der Waals surface area (Å²) in [6.45, 7) is 3.65. The Bertz CT molecular complexity index is 1690. The average Bonchev–Trinajstić information content (AvgIpc) is 3.56. The maximum Gasteiger partial charge on any atom is 0.493 e. The molecule has 0 aliphatic carbocycles. The molecule has 14 heteroatoms. The van der Waals surface area contributed by atoms with E-state index in [2.05, 4.69) is 35.3 Å². The number of anilines is 1. The van der Waals surface area contributed by atoms with E-state index in [4.69, 9.17) is 11.6 Å². The fourth-order valence-electron chi connectivity index (χ4n) is 4.22. The molecule has 2 N–H and O–H groups in total. The van der Waals surface area contributed by atoms with E-state index in [1.165, 1.54) is 12.1 Å². The molecule has 0 aliphatic heterocycles. The van der Waals surface area contributed by atoms with Crippen LogP contribution in [0.25, 0.3) is 33.4 Å². The summed E-state index contributed by atoms with van der Waals surface area (Å²) in [5.41, 5.74) is 4.06. The molecule has 0 saturated heterocycles. The molecule has 0 fully saturated rings. The van der Waals surface area contributed by atoms with Gasteiger partial charge in [0.1, 0.15) is 18.5 Å². The molecule has 2 aromatic carbocycles. The lowest BCUT2D eigenvalue weighted by Gasteiger charge is -2.24. The minimum absolute atomic E-state index is 0.0555. The summed E-state index contributed by atoms with van der Waals surface area (Å²) >= 11 is 6.64. The third kappa shape index (κ3) is 5.00. The van der Waals surface area contributed by atoms with Crippen molar-refractivity contribution in [1.29, 1.82) is 0 Å². The number of carbonyl (C=O) groups is 1. The molecule has 3 heterocycles. The number of alkyl halides is 3. The molecule has 0 spiro atoms. The first-order chi connectivity index (χ1) is 18.5. The van der Waals surface area contributed by atoms with Crippen molar-refractivity contribution in [3.05, 3.63) is 77.3 Å². The molecule has 9 nitrogen and oxygen atoms in total. The van der Waals surface area contributed by atoms with Crippen LogP contribution in [0.5, 0.6) is 0 Å². The highest BCUT2D eigenvalue weighted by Gasteiger charge is 2.42. The average molecular weight is 560 g/mol. The van der Waals surface area contributed by atoms with Gasteiger partial charge in [-0.15, -0.1) is 4.73 Å². The van der Waals surface area contributed by atoms with Gasteiger partial charge < -0.3 is 10.2 Å². The van der Waals surface area contributed by atoms with Gasteiger partial charge in [-0.1, -0.05) is 23.7 Å². The summed E-state index contributed by atoms with van der Waals surface area (Å²) in [7, 11) is 0. The Morgan fingerprint density at radius 1 is 1.15 bits per heavy atom. The molecule has 1 atom stereocenters. The van der Waals surface area contributed by atoms with E-state index >= 15 is 0 Å². The first-order valence-electron chi connectivity index (χ1n) is 11.4. The highest BCUT2D eigenvalue weighted by Crippen LogP contribution is 2.43. The van der Waals surface area contributed by atoms with Gasteiger partial charge >= 0.3 is 12.1 Å². The molecule has 0 saturated carbocycles. The number of H-pyrrole nitrogens is 1. The number of imidazole rings is 1. The van der Waals surface area contributed by atoms with Gasteiger partial charge in [0, 0.05) is 16.8 Å². The number of carbonyl (C=O) groups excluding carboxylic acids is 1. The fraction of sp³-hybridized carbons (Fsp3) is 0.160. The number of rotatable bonds is 6. The van der Waals surface area contributed by atoms with Crippen LogP contribution in [0.15, 0.2) is 55.4 Å². The second kappa shape index (κ2) is 9.98. The third-order valence-electron chi connectivity index (χ3n) is 5.99. The number of fused-ring (bicyclic) bond motifs is 1. The first kappa shape index (κ1) is 26.1. The molecule has 0 bridgehead atoms. The van der Waals surface area contributed by atoms with Crippen LogP contribution in [0, 0.1) is 12.7 Å². The molecule has 0 radical (unpaired) electrons. The topological polar surface area (TPSA) is 111 Å². The summed E-state index contributed by atoms with van der Waals surface area (Å²) in [6, 6.07) is 7.32. The van der Waals surface area contributed by atoms with Crippen molar-refractivity contribution < 1.29 is 27.2 Å². The van der Waals surface area contributed by atoms with E-state index in [9.17, 15) is 22.4 Å². The number of nitrogens with one attached hydrogen (secondary N) is 2. The van der Waals surface area contributed by atoms with Gasteiger partial charge in [-0.3, -0.25) is 5.10 Å². The Morgan fingerprint density at radius 3 is 2.64 bits per heavy atom. The summed E-state index contributed by atoms with van der Waals surface area (Å²) in [4.78, 5) is 27.8. The zero-order valence-corrected chi connectivity index (χ0v) is 21.0. The van der Waals surface area contributed by atoms with Gasteiger partial charge in [0.05, 0.1) is 12.2 Å². The summed E-state index contributed by atoms with van der Waals surface area (Å²) in [5, 5.41) is 10.5. The largest absolute Gasteiger partial charge is 0.493 e. The van der Waals surface area contributed by atoms with Gasteiger partial charge in [-0.25, -0.2) is 24.1 Å². The van der Waals surface area contributed by atoms with E-state index in [1.54, 1.807) is 37.5 Å². The van der Waals surface area contributed by atoms with E-state index in [1.807, 2.05) is 6.92 Å². The number of halogens is 5. The maximum atomic E-state index is 14.3. The van der Waals surface area contributed by atoms with Crippen molar-refractivity contribution in [2.45, 2.75) is 26.1 Å². The second-order valence-corrected chi connectivity index (χ2v) is 8.93. The minimum atomic E-state index is -5.20. The minimum Gasteiger partial charge on any atom is -0.362 e. The van der Waals surface area contributed by atoms with Crippen molar-refractivity contribution in [3.8, 4) is 22.3 Å². The number of hydrogen-bond donors (Lipinski definition) is 2. The first-order valence-corrected chi connectivity index (χ1v) is 11.7. The van der Waals surface area contributed by atoms with Crippen LogP contribution < -0.4 is 10.2 Å². The number of benzene rings is 2. The molecule has 5 aromatic rings. The third-order valence-corrected chi connectivity index (χ3v) is 6.38. The number of hydrogen-bond acceptors (Lipinski definition) is 7. The number of aromatic amines is 1. The fourth-order valence-corrected chi connectivity index (χ4v) is 4.44. The van der Waals surface area contributed by atoms with Gasteiger partial charge in [0.2, 0.25) is 5.65 Å². The van der Waals surface area contributed by atoms with E-state index < -0.39 is 24.0 Å². The molecule has 39 heavy (non-hydrogen) atoms. The molecule has 5 rings (SSSR count). The number of aromatic nitrogens is 6. The van der Waals surface area contributed by atoms with Crippen LogP contribution in [-0.2, 0) is 4.79 Å². The van der Waals surface area contributed by atoms with Gasteiger partial charge in [0.25, 0.3) is 0 Å². The molecule has 0 aliphatic rings. The number of nitrogens with zero attached hydrogens (tertiary/aromatic N) is 5. The molecule has 1 unspecified atom stereocenters. The smallest absolute Gasteiger partial charge is 0.362 e. The predicted molar refractivity (Wildman–Crippen MR) is 134 cm³/mol. The monoisotopic (exact) mass is 559 g/mol. The van der Waals surface area contributed by atoms with Crippen molar-refractivity contribution in [2.75, 3.05) is 5.32 Å². The van der Waals surface area contributed by atoms with Crippen molar-refractivity contribution in [3.63, 3.8) is 0 Å². The highest BCUT2D eigenvalue weighted by molar-refractivity contribution is 6.32. The Labute approximate surface area is 222 Å².